The van der Waals surface area contributed by atoms with Gasteiger partial charge in [-0.2, -0.15) is 0 Å². The minimum atomic E-state index is -0.227. The molecule has 2 N–H and O–H groups in total. The van der Waals surface area contributed by atoms with Gasteiger partial charge in [0.15, 0.2) is 0 Å². The molecule has 1 amide bonds. The molecule has 0 bridgehead atoms. The second-order valence-electron chi connectivity index (χ2n) is 4.97. The molecule has 0 spiro atoms. The van der Waals surface area contributed by atoms with Crippen LogP contribution in [0.5, 0.6) is 0 Å². The average molecular weight is 304 g/mol. The number of anilines is 2. The first-order valence-electron chi connectivity index (χ1n) is 7.26. The normalized spacial score (nSPS) is 10.1. The number of carbonyl (C=O) groups excluding carboxylic acids is 1. The molecule has 0 aliphatic carbocycles. The number of hydrogen-bond acceptors (Lipinski definition) is 4. The Morgan fingerprint density at radius 3 is 2.48 bits per heavy atom. The Morgan fingerprint density at radius 1 is 0.913 bits per heavy atom. The van der Waals surface area contributed by atoms with Gasteiger partial charge < -0.3 is 10.6 Å². The van der Waals surface area contributed by atoms with Gasteiger partial charge in [-0.3, -0.25) is 9.78 Å². The standard InChI is InChI=1S/C18H16N4O/c23-18(22-15-6-2-1-3-7-15)17-9-8-16(13-21-17)20-12-14-5-4-10-19-11-14/h1-11,13,20H,12H2,(H,22,23). The van der Waals surface area contributed by atoms with Gasteiger partial charge in [-0.15, -0.1) is 0 Å². The molecular weight excluding hydrogens is 288 g/mol. The number of rotatable bonds is 5. The number of carbonyl (C=O) groups is 1. The molecule has 2 aromatic heterocycles. The monoisotopic (exact) mass is 304 g/mol. The van der Waals surface area contributed by atoms with E-state index >= 15 is 0 Å². The minimum Gasteiger partial charge on any atom is -0.380 e. The van der Waals surface area contributed by atoms with Gasteiger partial charge in [0.2, 0.25) is 0 Å². The molecule has 0 atom stereocenters. The summed E-state index contributed by atoms with van der Waals surface area (Å²) in [6, 6.07) is 16.7. The minimum absolute atomic E-state index is 0.227. The number of aromatic nitrogens is 2. The number of nitrogens with one attached hydrogen (secondary N) is 2. The third kappa shape index (κ3) is 4.14. The predicted molar refractivity (Wildman–Crippen MR) is 90.2 cm³/mol. The molecule has 0 fully saturated rings. The maximum atomic E-state index is 12.1. The van der Waals surface area contributed by atoms with E-state index in [0.29, 0.717) is 12.2 Å². The van der Waals surface area contributed by atoms with Gasteiger partial charge in [0.25, 0.3) is 5.91 Å². The second kappa shape index (κ2) is 7.17. The molecule has 114 valence electrons. The smallest absolute Gasteiger partial charge is 0.274 e. The number of nitrogens with zero attached hydrogens (tertiary/aromatic N) is 2. The van der Waals surface area contributed by atoms with Crippen LogP contribution in [0.1, 0.15) is 16.1 Å². The Morgan fingerprint density at radius 2 is 1.78 bits per heavy atom. The van der Waals surface area contributed by atoms with Crippen molar-refractivity contribution in [3.8, 4) is 0 Å². The fourth-order valence-corrected chi connectivity index (χ4v) is 2.06. The van der Waals surface area contributed by atoms with E-state index in [9.17, 15) is 4.79 Å². The van der Waals surface area contributed by atoms with Crippen molar-refractivity contribution >= 4 is 17.3 Å². The SMILES string of the molecule is O=C(Nc1ccccc1)c1ccc(NCc2cccnc2)cn1. The zero-order valence-electron chi connectivity index (χ0n) is 12.4. The number of para-hydroxylation sites is 1. The number of benzene rings is 1. The Labute approximate surface area is 134 Å². The molecule has 2 heterocycles. The summed E-state index contributed by atoms with van der Waals surface area (Å²) in [4.78, 5) is 20.4. The Balaban J connectivity index is 1.59. The molecule has 5 heteroatoms. The van der Waals surface area contributed by atoms with E-state index in [1.54, 1.807) is 18.5 Å². The Kier molecular flexibility index (Phi) is 4.59. The van der Waals surface area contributed by atoms with E-state index < -0.39 is 0 Å². The van der Waals surface area contributed by atoms with Gasteiger partial charge in [-0.1, -0.05) is 24.3 Å². The van der Waals surface area contributed by atoms with E-state index in [0.717, 1.165) is 16.9 Å². The number of amides is 1. The van der Waals surface area contributed by atoms with Crippen molar-refractivity contribution in [2.24, 2.45) is 0 Å². The predicted octanol–water partition coefficient (Wildman–Crippen LogP) is 3.34. The summed E-state index contributed by atoms with van der Waals surface area (Å²) >= 11 is 0. The molecule has 0 aliphatic rings. The maximum absolute atomic E-state index is 12.1. The van der Waals surface area contributed by atoms with E-state index in [2.05, 4.69) is 20.6 Å². The van der Waals surface area contributed by atoms with E-state index in [1.807, 2.05) is 54.7 Å². The van der Waals surface area contributed by atoms with Crippen molar-refractivity contribution in [3.63, 3.8) is 0 Å². The summed E-state index contributed by atoms with van der Waals surface area (Å²) in [6.07, 6.45) is 5.20. The largest absolute Gasteiger partial charge is 0.380 e. The van der Waals surface area contributed by atoms with Crippen LogP contribution >= 0.6 is 0 Å². The molecule has 0 saturated heterocycles. The summed E-state index contributed by atoms with van der Waals surface area (Å²) in [6.45, 7) is 0.658. The van der Waals surface area contributed by atoms with Crippen LogP contribution in [0.25, 0.3) is 0 Å². The first-order valence-corrected chi connectivity index (χ1v) is 7.26. The topological polar surface area (TPSA) is 66.9 Å². The fourth-order valence-electron chi connectivity index (χ4n) is 2.06. The molecule has 1 aromatic carbocycles. The fraction of sp³-hybridized carbons (Fsp3) is 0.0556. The van der Waals surface area contributed by atoms with Crippen molar-refractivity contribution in [2.45, 2.75) is 6.54 Å². The van der Waals surface area contributed by atoms with Crippen molar-refractivity contribution in [3.05, 3.63) is 84.4 Å². The van der Waals surface area contributed by atoms with Crippen LogP contribution < -0.4 is 10.6 Å². The molecule has 5 nitrogen and oxygen atoms in total. The molecule has 23 heavy (non-hydrogen) atoms. The molecule has 0 unspecified atom stereocenters. The van der Waals surface area contributed by atoms with Crippen LogP contribution in [0.2, 0.25) is 0 Å². The van der Waals surface area contributed by atoms with Gasteiger partial charge in [-0.25, -0.2) is 4.98 Å². The maximum Gasteiger partial charge on any atom is 0.274 e. The van der Waals surface area contributed by atoms with Crippen molar-refractivity contribution in [1.29, 1.82) is 0 Å². The zero-order valence-corrected chi connectivity index (χ0v) is 12.4. The summed E-state index contributed by atoms with van der Waals surface area (Å²) in [5, 5.41) is 6.05. The molecule has 0 saturated carbocycles. The molecule has 3 aromatic rings. The summed E-state index contributed by atoms with van der Waals surface area (Å²) in [7, 11) is 0. The van der Waals surface area contributed by atoms with Gasteiger partial charge >= 0.3 is 0 Å². The van der Waals surface area contributed by atoms with Crippen molar-refractivity contribution < 1.29 is 4.79 Å². The van der Waals surface area contributed by atoms with Crippen LogP contribution in [0.15, 0.2) is 73.2 Å². The van der Waals surface area contributed by atoms with E-state index in [4.69, 9.17) is 0 Å². The first kappa shape index (κ1) is 14.7. The van der Waals surface area contributed by atoms with E-state index in [-0.39, 0.29) is 5.91 Å². The Hall–Kier alpha value is -3.21. The molecule has 0 radical (unpaired) electrons. The van der Waals surface area contributed by atoms with Gasteiger partial charge in [0.05, 0.1) is 11.9 Å². The quantitative estimate of drug-likeness (QED) is 0.758. The average Bonchev–Trinajstić information content (AvgIpc) is 2.62. The van der Waals surface area contributed by atoms with Crippen LogP contribution in [0, 0.1) is 0 Å². The lowest BCUT2D eigenvalue weighted by molar-refractivity contribution is 0.102. The van der Waals surface area contributed by atoms with Crippen LogP contribution in [0.4, 0.5) is 11.4 Å². The van der Waals surface area contributed by atoms with E-state index in [1.165, 1.54) is 0 Å². The van der Waals surface area contributed by atoms with Crippen LogP contribution in [-0.2, 0) is 6.54 Å². The highest BCUT2D eigenvalue weighted by Gasteiger charge is 2.07. The molecular formula is C18H16N4O. The lowest BCUT2D eigenvalue weighted by Gasteiger charge is -2.07. The molecule has 3 rings (SSSR count). The lowest BCUT2D eigenvalue weighted by atomic mass is 10.2. The van der Waals surface area contributed by atoms with Crippen LogP contribution in [-0.4, -0.2) is 15.9 Å². The summed E-state index contributed by atoms with van der Waals surface area (Å²) in [5.41, 5.74) is 3.06. The van der Waals surface area contributed by atoms with Gasteiger partial charge in [-0.05, 0) is 35.9 Å². The second-order valence-corrected chi connectivity index (χ2v) is 4.97. The highest BCUT2D eigenvalue weighted by Crippen LogP contribution is 2.11. The highest BCUT2D eigenvalue weighted by atomic mass is 16.1. The summed E-state index contributed by atoms with van der Waals surface area (Å²) in [5.74, 6) is -0.227. The first-order chi connectivity index (χ1) is 11.3. The lowest BCUT2D eigenvalue weighted by Crippen LogP contribution is -2.13. The Bertz CT molecular complexity index is 758. The summed E-state index contributed by atoms with van der Waals surface area (Å²) < 4.78 is 0. The van der Waals surface area contributed by atoms with Crippen molar-refractivity contribution in [1.82, 2.24) is 9.97 Å². The number of pyridine rings is 2. The molecule has 0 aliphatic heterocycles. The third-order valence-corrected chi connectivity index (χ3v) is 3.25. The van der Waals surface area contributed by atoms with Crippen molar-refractivity contribution in [2.75, 3.05) is 10.6 Å². The number of hydrogen-bond donors (Lipinski definition) is 2. The third-order valence-electron chi connectivity index (χ3n) is 3.25. The van der Waals surface area contributed by atoms with Crippen LogP contribution in [0.3, 0.4) is 0 Å². The zero-order chi connectivity index (χ0) is 15.9. The van der Waals surface area contributed by atoms with Gasteiger partial charge in [0, 0.05) is 24.6 Å². The highest BCUT2D eigenvalue weighted by molar-refractivity contribution is 6.02. The van der Waals surface area contributed by atoms with Gasteiger partial charge in [0.1, 0.15) is 5.69 Å².